The second-order valence-electron chi connectivity index (χ2n) is 4.77. The molecule has 3 amide bonds. The van der Waals surface area contributed by atoms with E-state index in [2.05, 4.69) is 4.98 Å². The number of imide groups is 1. The fourth-order valence-corrected chi connectivity index (χ4v) is 3.09. The molecule has 21 heavy (non-hydrogen) atoms. The number of ether oxygens (including phenoxy) is 1. The summed E-state index contributed by atoms with van der Waals surface area (Å²) in [6, 6.07) is 3.06. The Hall–Kier alpha value is -2.09. The molecule has 0 radical (unpaired) electrons. The van der Waals surface area contributed by atoms with Crippen LogP contribution in [0.4, 0.5) is 4.79 Å². The molecule has 8 heteroatoms. The van der Waals surface area contributed by atoms with Gasteiger partial charge in [-0.2, -0.15) is 0 Å². The van der Waals surface area contributed by atoms with Gasteiger partial charge in [-0.25, -0.2) is 4.98 Å². The van der Waals surface area contributed by atoms with Crippen LogP contribution in [-0.4, -0.2) is 63.8 Å². The number of likely N-dealkylation sites (tertiary alicyclic amines) is 1. The van der Waals surface area contributed by atoms with Crippen LogP contribution in [0, 0.1) is 0 Å². The van der Waals surface area contributed by atoms with Gasteiger partial charge in [-0.15, -0.1) is 0 Å². The minimum atomic E-state index is -0.219. The van der Waals surface area contributed by atoms with Crippen molar-refractivity contribution in [3.8, 4) is 5.88 Å². The fraction of sp³-hybridized carbons (Fsp3) is 0.385. The second kappa shape index (κ2) is 5.36. The van der Waals surface area contributed by atoms with Crippen molar-refractivity contribution in [3.63, 3.8) is 0 Å². The predicted molar refractivity (Wildman–Crippen MR) is 75.2 cm³/mol. The summed E-state index contributed by atoms with van der Waals surface area (Å²) < 4.78 is 4.94. The van der Waals surface area contributed by atoms with Crippen molar-refractivity contribution >= 4 is 28.8 Å². The maximum Gasteiger partial charge on any atom is 0.289 e. The molecule has 1 aromatic rings. The molecule has 2 aliphatic heterocycles. The highest BCUT2D eigenvalue weighted by Gasteiger charge is 2.43. The topological polar surface area (TPSA) is 79.8 Å². The van der Waals surface area contributed by atoms with Crippen molar-refractivity contribution in [3.05, 3.63) is 23.9 Å². The Kier molecular flexibility index (Phi) is 3.54. The largest absolute Gasteiger partial charge is 0.481 e. The highest BCUT2D eigenvalue weighted by Crippen LogP contribution is 2.26. The van der Waals surface area contributed by atoms with Crippen LogP contribution < -0.4 is 4.74 Å². The third kappa shape index (κ3) is 2.46. The van der Waals surface area contributed by atoms with Crippen LogP contribution in [0.1, 0.15) is 10.4 Å². The molecule has 0 spiro atoms. The van der Waals surface area contributed by atoms with E-state index in [1.54, 1.807) is 17.0 Å². The van der Waals surface area contributed by atoms with Crippen molar-refractivity contribution in [1.29, 1.82) is 0 Å². The van der Waals surface area contributed by atoms with Gasteiger partial charge in [0, 0.05) is 25.4 Å². The Morgan fingerprint density at radius 3 is 2.67 bits per heavy atom. The van der Waals surface area contributed by atoms with Crippen molar-refractivity contribution < 1.29 is 19.1 Å². The molecule has 0 bridgehead atoms. The first-order chi connectivity index (χ1) is 10.1. The molecule has 0 atom stereocenters. The van der Waals surface area contributed by atoms with E-state index in [0.717, 1.165) is 11.8 Å². The Labute approximate surface area is 125 Å². The molecule has 0 aliphatic carbocycles. The van der Waals surface area contributed by atoms with Gasteiger partial charge in [0.15, 0.2) is 0 Å². The predicted octanol–water partition coefficient (Wildman–Crippen LogP) is 0.610. The van der Waals surface area contributed by atoms with Crippen LogP contribution in [0.5, 0.6) is 5.88 Å². The number of carbonyl (C=O) groups is 3. The molecule has 0 saturated carbocycles. The van der Waals surface area contributed by atoms with Crippen molar-refractivity contribution in [1.82, 2.24) is 14.8 Å². The summed E-state index contributed by atoms with van der Waals surface area (Å²) in [6.07, 6.45) is 1.45. The van der Waals surface area contributed by atoms with Crippen LogP contribution in [0.2, 0.25) is 0 Å². The monoisotopic (exact) mass is 307 g/mol. The first kappa shape index (κ1) is 13.9. The van der Waals surface area contributed by atoms with Gasteiger partial charge in [0.1, 0.15) is 0 Å². The van der Waals surface area contributed by atoms with Crippen LogP contribution in [0.15, 0.2) is 18.3 Å². The van der Waals surface area contributed by atoms with Gasteiger partial charge in [0.05, 0.1) is 24.5 Å². The zero-order valence-electron chi connectivity index (χ0n) is 11.3. The molecule has 0 unspecified atom stereocenters. The number of rotatable bonds is 3. The number of pyridine rings is 1. The van der Waals surface area contributed by atoms with E-state index in [-0.39, 0.29) is 28.8 Å². The summed E-state index contributed by atoms with van der Waals surface area (Å²) in [7, 11) is 1.51. The number of amides is 3. The molecule has 3 rings (SSSR count). The summed E-state index contributed by atoms with van der Waals surface area (Å²) in [5.74, 6) is 0.311. The number of hydrogen-bond donors (Lipinski definition) is 0. The van der Waals surface area contributed by atoms with E-state index >= 15 is 0 Å². The Balaban J connectivity index is 1.61. The van der Waals surface area contributed by atoms with E-state index in [4.69, 9.17) is 4.74 Å². The fourth-order valence-electron chi connectivity index (χ4n) is 2.31. The zero-order chi connectivity index (χ0) is 15.0. The molecule has 7 nitrogen and oxygen atoms in total. The van der Waals surface area contributed by atoms with Gasteiger partial charge in [0.2, 0.25) is 11.8 Å². The van der Waals surface area contributed by atoms with Crippen molar-refractivity contribution in [2.45, 2.75) is 6.04 Å². The summed E-state index contributed by atoms with van der Waals surface area (Å²) in [6.45, 7) is 0.756. The lowest BCUT2D eigenvalue weighted by atomic mass is 10.1. The molecular formula is C13H13N3O4S. The maximum atomic E-state index is 12.2. The SMILES string of the molecule is COc1ccc(C(=O)N2CC(N3C(=O)CSC3=O)C2)cn1. The van der Waals surface area contributed by atoms with Gasteiger partial charge in [-0.1, -0.05) is 11.8 Å². The zero-order valence-corrected chi connectivity index (χ0v) is 12.1. The number of aromatic nitrogens is 1. The lowest BCUT2D eigenvalue weighted by Gasteiger charge is -2.42. The molecule has 3 heterocycles. The Bertz CT molecular complexity index is 582. The average molecular weight is 307 g/mol. The summed E-state index contributed by atoms with van der Waals surface area (Å²) in [5.41, 5.74) is 0.461. The standard InChI is InChI=1S/C13H13N3O4S/c1-20-10-3-2-8(4-14-10)12(18)15-5-9(6-15)16-11(17)7-21-13(16)19/h2-4,9H,5-7H2,1H3. The average Bonchev–Trinajstić information content (AvgIpc) is 2.78. The summed E-state index contributed by atoms with van der Waals surface area (Å²) >= 11 is 1.01. The van der Waals surface area contributed by atoms with Gasteiger partial charge < -0.3 is 9.64 Å². The minimum absolute atomic E-state index is 0.159. The van der Waals surface area contributed by atoms with E-state index in [1.165, 1.54) is 18.2 Å². The van der Waals surface area contributed by atoms with Crippen molar-refractivity contribution in [2.24, 2.45) is 0 Å². The molecule has 0 aromatic carbocycles. The third-order valence-corrected chi connectivity index (χ3v) is 4.33. The summed E-state index contributed by atoms with van der Waals surface area (Å²) in [5, 5.41) is -0.219. The number of hydrogen-bond acceptors (Lipinski definition) is 6. The number of nitrogens with zero attached hydrogens (tertiary/aromatic N) is 3. The van der Waals surface area contributed by atoms with Gasteiger partial charge in [0.25, 0.3) is 11.1 Å². The second-order valence-corrected chi connectivity index (χ2v) is 5.70. The van der Waals surface area contributed by atoms with Crippen molar-refractivity contribution in [2.75, 3.05) is 26.0 Å². The number of thioether (sulfide) groups is 1. The number of methoxy groups -OCH3 is 1. The smallest absolute Gasteiger partial charge is 0.289 e. The Morgan fingerprint density at radius 2 is 2.14 bits per heavy atom. The lowest BCUT2D eigenvalue weighted by Crippen LogP contribution is -2.62. The van der Waals surface area contributed by atoms with E-state index < -0.39 is 0 Å². The molecule has 2 aliphatic rings. The van der Waals surface area contributed by atoms with Crippen LogP contribution in [0.3, 0.4) is 0 Å². The van der Waals surface area contributed by atoms with Gasteiger partial charge in [-0.3, -0.25) is 19.3 Å². The van der Waals surface area contributed by atoms with E-state index in [9.17, 15) is 14.4 Å². The lowest BCUT2D eigenvalue weighted by molar-refractivity contribution is -0.128. The highest BCUT2D eigenvalue weighted by molar-refractivity contribution is 8.14. The third-order valence-electron chi connectivity index (χ3n) is 3.49. The highest BCUT2D eigenvalue weighted by atomic mass is 32.2. The molecule has 1 aromatic heterocycles. The molecule has 2 fully saturated rings. The van der Waals surface area contributed by atoms with Crippen LogP contribution >= 0.6 is 11.8 Å². The first-order valence-corrected chi connectivity index (χ1v) is 7.37. The first-order valence-electron chi connectivity index (χ1n) is 6.38. The van der Waals surface area contributed by atoms with Crippen LogP contribution in [-0.2, 0) is 4.79 Å². The van der Waals surface area contributed by atoms with E-state index in [0.29, 0.717) is 24.5 Å². The van der Waals surface area contributed by atoms with E-state index in [1.807, 2.05) is 0 Å². The van der Waals surface area contributed by atoms with Crippen LogP contribution in [0.25, 0.3) is 0 Å². The Morgan fingerprint density at radius 1 is 1.38 bits per heavy atom. The number of carbonyl (C=O) groups excluding carboxylic acids is 3. The maximum absolute atomic E-state index is 12.2. The molecular weight excluding hydrogens is 294 g/mol. The minimum Gasteiger partial charge on any atom is -0.481 e. The quantitative estimate of drug-likeness (QED) is 0.814. The molecule has 0 N–H and O–H groups in total. The van der Waals surface area contributed by atoms with Gasteiger partial charge in [-0.05, 0) is 6.07 Å². The summed E-state index contributed by atoms with van der Waals surface area (Å²) in [4.78, 5) is 42.2. The molecule has 2 saturated heterocycles. The molecule has 110 valence electrons. The normalized spacial score (nSPS) is 18.9. The van der Waals surface area contributed by atoms with Gasteiger partial charge >= 0.3 is 0 Å².